The molecule has 1 fully saturated rings. The second-order valence-corrected chi connectivity index (χ2v) is 6.89. The number of likely N-dealkylation sites (N-methyl/N-ethyl adjacent to an activating group) is 1. The number of carbonyl (C=O) groups is 2. The van der Waals surface area contributed by atoms with Crippen LogP contribution in [-0.2, 0) is 4.79 Å². The third-order valence-electron chi connectivity index (χ3n) is 5.44. The number of carboxylic acids is 1. The molecule has 8 heteroatoms. The molecule has 0 unspecified atom stereocenters. The van der Waals surface area contributed by atoms with E-state index < -0.39 is 17.4 Å². The van der Waals surface area contributed by atoms with Gasteiger partial charge in [-0.25, -0.2) is 9.48 Å². The van der Waals surface area contributed by atoms with Crippen LogP contribution in [0.25, 0.3) is 5.69 Å². The number of carboxylic acid groups (broad SMARTS) is 1. The van der Waals surface area contributed by atoms with Crippen LogP contribution in [0.4, 0.5) is 0 Å². The van der Waals surface area contributed by atoms with Crippen molar-refractivity contribution in [3.63, 3.8) is 0 Å². The summed E-state index contributed by atoms with van der Waals surface area (Å²) in [4.78, 5) is 26.4. The molecule has 0 aliphatic heterocycles. The molecule has 8 nitrogen and oxygen atoms in total. The van der Waals surface area contributed by atoms with Crippen molar-refractivity contribution in [3.8, 4) is 11.4 Å². The molecule has 1 saturated carbocycles. The Bertz CT molecular complexity index is 838. The Labute approximate surface area is 157 Å². The molecule has 2 aromatic rings. The average molecular weight is 372 g/mol. The first-order valence-corrected chi connectivity index (χ1v) is 8.99. The van der Waals surface area contributed by atoms with Gasteiger partial charge in [-0.3, -0.25) is 4.79 Å². The lowest BCUT2D eigenvalue weighted by Gasteiger charge is -2.40. The van der Waals surface area contributed by atoms with Crippen molar-refractivity contribution >= 4 is 11.9 Å². The van der Waals surface area contributed by atoms with Crippen LogP contribution in [-0.4, -0.2) is 56.6 Å². The van der Waals surface area contributed by atoms with Gasteiger partial charge in [0.15, 0.2) is 5.69 Å². The Morgan fingerprint density at radius 3 is 2.37 bits per heavy atom. The van der Waals surface area contributed by atoms with Gasteiger partial charge in [0, 0.05) is 7.05 Å². The van der Waals surface area contributed by atoms with Crippen LogP contribution >= 0.6 is 0 Å². The quantitative estimate of drug-likeness (QED) is 0.866. The fraction of sp³-hybridized carbons (Fsp3) is 0.474. The summed E-state index contributed by atoms with van der Waals surface area (Å²) in [7, 11) is 3.14. The molecule has 27 heavy (non-hydrogen) atoms. The lowest BCUT2D eigenvalue weighted by atomic mass is 9.80. The average Bonchev–Trinajstić information content (AvgIpc) is 3.08. The van der Waals surface area contributed by atoms with Gasteiger partial charge in [-0.15, -0.1) is 5.10 Å². The maximum atomic E-state index is 13.0. The number of ether oxygens (including phenoxy) is 1. The number of aliphatic carboxylic acids is 1. The van der Waals surface area contributed by atoms with Crippen molar-refractivity contribution in [3.05, 3.63) is 35.7 Å². The number of methoxy groups -OCH3 is 1. The van der Waals surface area contributed by atoms with Crippen LogP contribution in [0.2, 0.25) is 0 Å². The van der Waals surface area contributed by atoms with Gasteiger partial charge in [0.25, 0.3) is 5.91 Å². The standard InChI is InChI=1S/C19H24N4O4/c1-13-16(20-21-23(13)14-7-9-15(27-3)10-8-14)17(24)22(2)19(18(25)26)11-5-4-6-12-19/h7-10H,4-6,11-12H2,1-3H3,(H,25,26). The van der Waals surface area contributed by atoms with Crippen molar-refractivity contribution in [1.82, 2.24) is 19.9 Å². The number of amides is 1. The van der Waals surface area contributed by atoms with Crippen molar-refractivity contribution in [2.24, 2.45) is 0 Å². The molecule has 1 aromatic carbocycles. The number of benzene rings is 1. The minimum absolute atomic E-state index is 0.166. The molecule has 1 amide bonds. The van der Waals surface area contributed by atoms with E-state index in [2.05, 4.69) is 10.3 Å². The molecule has 0 saturated heterocycles. The lowest BCUT2D eigenvalue weighted by molar-refractivity contribution is -0.151. The van der Waals surface area contributed by atoms with E-state index in [9.17, 15) is 14.7 Å². The second kappa shape index (κ2) is 7.38. The lowest BCUT2D eigenvalue weighted by Crippen LogP contribution is -2.56. The predicted molar refractivity (Wildman–Crippen MR) is 98.2 cm³/mol. The zero-order chi connectivity index (χ0) is 19.6. The second-order valence-electron chi connectivity index (χ2n) is 6.89. The molecular formula is C19H24N4O4. The molecule has 144 valence electrons. The molecule has 1 heterocycles. The molecular weight excluding hydrogens is 348 g/mol. The van der Waals surface area contributed by atoms with Gasteiger partial charge in [0.05, 0.1) is 18.5 Å². The number of hydrogen-bond acceptors (Lipinski definition) is 5. The molecule has 0 radical (unpaired) electrons. The summed E-state index contributed by atoms with van der Waals surface area (Å²) in [6.07, 6.45) is 3.49. The molecule has 1 aromatic heterocycles. The van der Waals surface area contributed by atoms with E-state index >= 15 is 0 Å². The van der Waals surface area contributed by atoms with E-state index in [1.165, 1.54) is 4.90 Å². The van der Waals surface area contributed by atoms with Gasteiger partial charge >= 0.3 is 5.97 Å². The van der Waals surface area contributed by atoms with Crippen LogP contribution in [0.3, 0.4) is 0 Å². The Balaban J connectivity index is 1.90. The maximum Gasteiger partial charge on any atom is 0.329 e. The van der Waals surface area contributed by atoms with Gasteiger partial charge in [-0.1, -0.05) is 24.5 Å². The first-order chi connectivity index (χ1) is 12.9. The van der Waals surface area contributed by atoms with Gasteiger partial charge in [-0.05, 0) is 44.0 Å². The van der Waals surface area contributed by atoms with Crippen LogP contribution in [0, 0.1) is 6.92 Å². The largest absolute Gasteiger partial charge is 0.497 e. The summed E-state index contributed by atoms with van der Waals surface area (Å²) in [5.74, 6) is -0.664. The highest BCUT2D eigenvalue weighted by Crippen LogP contribution is 2.34. The summed E-state index contributed by atoms with van der Waals surface area (Å²) in [6, 6.07) is 7.23. The maximum absolute atomic E-state index is 13.0. The highest BCUT2D eigenvalue weighted by molar-refractivity contribution is 5.97. The minimum Gasteiger partial charge on any atom is -0.497 e. The predicted octanol–water partition coefficient (Wildman–Crippen LogP) is 2.44. The number of rotatable bonds is 5. The monoisotopic (exact) mass is 372 g/mol. The van der Waals surface area contributed by atoms with Crippen molar-refractivity contribution in [2.75, 3.05) is 14.2 Å². The van der Waals surface area contributed by atoms with Gasteiger partial charge in [0.2, 0.25) is 0 Å². The molecule has 1 N–H and O–H groups in total. The van der Waals surface area contributed by atoms with E-state index in [1.807, 2.05) is 12.1 Å². The van der Waals surface area contributed by atoms with Crippen molar-refractivity contribution < 1.29 is 19.4 Å². The number of carbonyl (C=O) groups excluding carboxylic acids is 1. The molecule has 1 aliphatic carbocycles. The zero-order valence-corrected chi connectivity index (χ0v) is 15.8. The Morgan fingerprint density at radius 2 is 1.81 bits per heavy atom. The summed E-state index contributed by atoms with van der Waals surface area (Å²) < 4.78 is 6.71. The van der Waals surface area contributed by atoms with E-state index in [1.54, 1.807) is 37.9 Å². The number of nitrogens with zero attached hydrogens (tertiary/aromatic N) is 4. The van der Waals surface area contributed by atoms with Crippen LogP contribution in [0.1, 0.15) is 48.3 Å². The molecule has 0 atom stereocenters. The Kier molecular flexibility index (Phi) is 5.16. The zero-order valence-electron chi connectivity index (χ0n) is 15.8. The smallest absolute Gasteiger partial charge is 0.329 e. The van der Waals surface area contributed by atoms with Crippen molar-refractivity contribution in [2.45, 2.75) is 44.6 Å². The van der Waals surface area contributed by atoms with Gasteiger partial charge < -0.3 is 14.7 Å². The van der Waals surface area contributed by atoms with E-state index in [0.29, 0.717) is 24.3 Å². The molecule has 1 aliphatic rings. The highest BCUT2D eigenvalue weighted by Gasteiger charge is 2.46. The van der Waals surface area contributed by atoms with Crippen LogP contribution in [0.15, 0.2) is 24.3 Å². The van der Waals surface area contributed by atoms with Gasteiger partial charge in [0.1, 0.15) is 11.3 Å². The topological polar surface area (TPSA) is 97.5 Å². The summed E-state index contributed by atoms with van der Waals surface area (Å²) in [6.45, 7) is 1.75. The fourth-order valence-electron chi connectivity index (χ4n) is 3.68. The van der Waals surface area contributed by atoms with E-state index in [-0.39, 0.29) is 5.69 Å². The van der Waals surface area contributed by atoms with Gasteiger partial charge in [-0.2, -0.15) is 0 Å². The SMILES string of the molecule is COc1ccc(-n2nnc(C(=O)N(C)C3(C(=O)O)CCCCC3)c2C)cc1. The molecule has 3 rings (SSSR count). The fourth-order valence-corrected chi connectivity index (χ4v) is 3.68. The highest BCUT2D eigenvalue weighted by atomic mass is 16.5. The normalized spacial score (nSPS) is 16.0. The third kappa shape index (κ3) is 3.27. The number of aromatic nitrogens is 3. The van der Waals surface area contributed by atoms with E-state index in [0.717, 1.165) is 24.9 Å². The first kappa shape index (κ1) is 18.9. The molecule has 0 spiro atoms. The summed E-state index contributed by atoms with van der Waals surface area (Å²) >= 11 is 0. The van der Waals surface area contributed by atoms with E-state index in [4.69, 9.17) is 4.74 Å². The van der Waals surface area contributed by atoms with Crippen molar-refractivity contribution in [1.29, 1.82) is 0 Å². The first-order valence-electron chi connectivity index (χ1n) is 8.99. The Morgan fingerprint density at radius 1 is 1.19 bits per heavy atom. The molecule has 0 bridgehead atoms. The summed E-state index contributed by atoms with van der Waals surface area (Å²) in [5, 5.41) is 17.9. The minimum atomic E-state index is -1.17. The number of hydrogen-bond donors (Lipinski definition) is 1. The van der Waals surface area contributed by atoms with Crippen LogP contribution in [0.5, 0.6) is 5.75 Å². The third-order valence-corrected chi connectivity index (χ3v) is 5.44. The van der Waals surface area contributed by atoms with Crippen LogP contribution < -0.4 is 4.74 Å². The Hall–Kier alpha value is -2.90. The summed E-state index contributed by atoms with van der Waals surface area (Å²) in [5.41, 5.74) is 0.298.